The minimum absolute atomic E-state index is 0.0741. The molecule has 0 fully saturated rings. The van der Waals surface area contributed by atoms with Crippen LogP contribution in [0.3, 0.4) is 0 Å². The van der Waals surface area contributed by atoms with Gasteiger partial charge in [0.25, 0.3) is 10.1 Å². The second-order valence-corrected chi connectivity index (χ2v) is 6.64. The third-order valence-electron chi connectivity index (χ3n) is 2.91. The predicted octanol–water partition coefficient (Wildman–Crippen LogP) is 3.63. The van der Waals surface area contributed by atoms with E-state index in [0.717, 1.165) is 12.8 Å². The molecule has 1 atom stereocenters. The summed E-state index contributed by atoms with van der Waals surface area (Å²) in [6.45, 7) is 2.06. The van der Waals surface area contributed by atoms with Crippen molar-refractivity contribution in [3.63, 3.8) is 0 Å². The Morgan fingerprint density at radius 2 is 1.64 bits per heavy atom. The van der Waals surface area contributed by atoms with E-state index in [-0.39, 0.29) is 4.90 Å². The first-order valence-corrected chi connectivity index (χ1v) is 8.94. The molecule has 0 heterocycles. The fraction of sp³-hybridized carbons (Fsp3) is 0.176. The molecule has 0 saturated carbocycles. The minimum atomic E-state index is -4.00. The van der Waals surface area contributed by atoms with E-state index in [1.807, 2.05) is 0 Å². The van der Waals surface area contributed by atoms with E-state index in [4.69, 9.17) is 4.55 Å². The molecule has 0 aliphatic rings. The van der Waals surface area contributed by atoms with Crippen LogP contribution in [0.15, 0.2) is 71.6 Å². The van der Waals surface area contributed by atoms with Crippen LogP contribution in [0.2, 0.25) is 0 Å². The van der Waals surface area contributed by atoms with Gasteiger partial charge in [-0.1, -0.05) is 54.6 Å². The Hall–Kier alpha value is -1.48. The molecule has 22 heavy (non-hydrogen) atoms. The zero-order valence-electron chi connectivity index (χ0n) is 12.5. The SMILES string of the molecule is CC=CCCc1ccccc1P.O=S(=O)(O)c1ccccc1. The third-order valence-corrected chi connectivity index (χ3v) is 4.34. The molecule has 2 rings (SSSR count). The van der Waals surface area contributed by atoms with Gasteiger partial charge in [-0.25, -0.2) is 0 Å². The van der Waals surface area contributed by atoms with E-state index in [1.165, 1.54) is 23.0 Å². The Morgan fingerprint density at radius 1 is 1.05 bits per heavy atom. The molecular formula is C17H21O3PS. The van der Waals surface area contributed by atoms with E-state index in [2.05, 4.69) is 52.6 Å². The molecule has 3 nitrogen and oxygen atoms in total. The van der Waals surface area contributed by atoms with Crippen molar-refractivity contribution in [1.82, 2.24) is 0 Å². The molecule has 0 spiro atoms. The maximum Gasteiger partial charge on any atom is 0.294 e. The largest absolute Gasteiger partial charge is 0.294 e. The molecule has 0 aliphatic carbocycles. The van der Waals surface area contributed by atoms with Crippen molar-refractivity contribution < 1.29 is 13.0 Å². The highest BCUT2D eigenvalue weighted by molar-refractivity contribution is 7.85. The lowest BCUT2D eigenvalue weighted by Crippen LogP contribution is -1.99. The molecule has 0 bridgehead atoms. The zero-order valence-corrected chi connectivity index (χ0v) is 14.5. The summed E-state index contributed by atoms with van der Waals surface area (Å²) in [4.78, 5) is -0.0741. The average molecular weight is 336 g/mol. The van der Waals surface area contributed by atoms with E-state index < -0.39 is 10.1 Å². The van der Waals surface area contributed by atoms with Gasteiger partial charge in [-0.05, 0) is 42.8 Å². The Labute approximate surface area is 135 Å². The fourth-order valence-electron chi connectivity index (χ4n) is 1.76. The first kappa shape index (κ1) is 18.6. The van der Waals surface area contributed by atoms with Crippen LogP contribution in [-0.4, -0.2) is 13.0 Å². The quantitative estimate of drug-likeness (QED) is 0.527. The van der Waals surface area contributed by atoms with Crippen molar-refractivity contribution in [2.24, 2.45) is 0 Å². The predicted molar refractivity (Wildman–Crippen MR) is 95.2 cm³/mol. The summed E-state index contributed by atoms with van der Waals surface area (Å²) < 4.78 is 29.2. The fourth-order valence-corrected chi connectivity index (χ4v) is 2.61. The topological polar surface area (TPSA) is 54.4 Å². The van der Waals surface area contributed by atoms with Crippen LogP contribution in [-0.2, 0) is 16.5 Å². The standard InChI is InChI=1S/C11H15P.C6H6O3S/c1-2-3-4-7-10-8-5-6-9-11(10)12;7-10(8,9)6-4-2-1-3-5-6/h2-3,5-6,8-9H,4,7,12H2,1H3;1-5H,(H,7,8,9). The van der Waals surface area contributed by atoms with E-state index in [1.54, 1.807) is 18.2 Å². The summed E-state index contributed by atoms with van der Waals surface area (Å²) in [6, 6.07) is 15.9. The summed E-state index contributed by atoms with van der Waals surface area (Å²) >= 11 is 0. The average Bonchev–Trinajstić information content (AvgIpc) is 2.50. The number of aryl methyl sites for hydroxylation is 1. The molecule has 118 valence electrons. The Bertz CT molecular complexity index is 695. The molecular weight excluding hydrogens is 315 g/mol. The molecule has 0 amide bonds. The molecule has 1 unspecified atom stereocenters. The van der Waals surface area contributed by atoms with Crippen LogP contribution in [0.25, 0.3) is 0 Å². The first-order valence-electron chi connectivity index (χ1n) is 6.92. The van der Waals surface area contributed by atoms with Gasteiger partial charge in [0.15, 0.2) is 0 Å². The summed E-state index contributed by atoms with van der Waals surface area (Å²) in [5, 5.41) is 1.32. The Kier molecular flexibility index (Phi) is 8.03. The van der Waals surface area contributed by atoms with Crippen LogP contribution >= 0.6 is 9.24 Å². The number of hydrogen-bond donors (Lipinski definition) is 1. The normalized spacial score (nSPS) is 11.0. The molecule has 1 N–H and O–H groups in total. The summed E-state index contributed by atoms with van der Waals surface area (Å²) in [7, 11) is -1.23. The van der Waals surface area contributed by atoms with Crippen molar-refractivity contribution in [2.45, 2.75) is 24.7 Å². The van der Waals surface area contributed by atoms with Gasteiger partial charge in [0.05, 0.1) is 4.90 Å². The maximum absolute atomic E-state index is 10.4. The lowest BCUT2D eigenvalue weighted by atomic mass is 10.1. The van der Waals surface area contributed by atoms with Gasteiger partial charge in [0.1, 0.15) is 0 Å². The smallest absolute Gasteiger partial charge is 0.282 e. The van der Waals surface area contributed by atoms with Crippen LogP contribution in [0.4, 0.5) is 0 Å². The number of allylic oxidation sites excluding steroid dienone is 2. The molecule has 2 aromatic rings. The van der Waals surface area contributed by atoms with E-state index in [9.17, 15) is 8.42 Å². The molecule has 2 aromatic carbocycles. The minimum Gasteiger partial charge on any atom is -0.282 e. The highest BCUT2D eigenvalue weighted by Gasteiger charge is 2.05. The van der Waals surface area contributed by atoms with E-state index in [0.29, 0.717) is 0 Å². The van der Waals surface area contributed by atoms with Gasteiger partial charge >= 0.3 is 0 Å². The van der Waals surface area contributed by atoms with Crippen LogP contribution < -0.4 is 5.30 Å². The number of rotatable bonds is 4. The van der Waals surface area contributed by atoms with Crippen LogP contribution in [0.5, 0.6) is 0 Å². The van der Waals surface area contributed by atoms with Crippen molar-refractivity contribution in [3.8, 4) is 0 Å². The molecule has 0 radical (unpaired) electrons. The zero-order chi connectivity index (χ0) is 16.4. The number of hydrogen-bond acceptors (Lipinski definition) is 2. The first-order chi connectivity index (χ1) is 10.4. The van der Waals surface area contributed by atoms with Crippen molar-refractivity contribution in [2.75, 3.05) is 0 Å². The van der Waals surface area contributed by atoms with Crippen LogP contribution in [0.1, 0.15) is 18.9 Å². The second kappa shape index (κ2) is 9.52. The van der Waals surface area contributed by atoms with E-state index >= 15 is 0 Å². The summed E-state index contributed by atoms with van der Waals surface area (Å²) in [5.74, 6) is 0. The molecule has 5 heteroatoms. The molecule has 0 aromatic heterocycles. The van der Waals surface area contributed by atoms with Crippen molar-refractivity contribution >= 4 is 24.7 Å². The summed E-state index contributed by atoms with van der Waals surface area (Å²) in [6.07, 6.45) is 6.59. The van der Waals surface area contributed by atoms with Gasteiger partial charge in [0, 0.05) is 0 Å². The monoisotopic (exact) mass is 336 g/mol. The maximum atomic E-state index is 10.4. The van der Waals surface area contributed by atoms with Crippen LogP contribution in [0, 0.1) is 0 Å². The highest BCUT2D eigenvalue weighted by atomic mass is 32.2. The lowest BCUT2D eigenvalue weighted by molar-refractivity contribution is 0.483. The lowest BCUT2D eigenvalue weighted by Gasteiger charge is -2.01. The second-order valence-electron chi connectivity index (χ2n) is 4.59. The van der Waals surface area contributed by atoms with Crippen molar-refractivity contribution in [3.05, 3.63) is 72.3 Å². The van der Waals surface area contributed by atoms with Gasteiger partial charge in [-0.3, -0.25) is 4.55 Å². The van der Waals surface area contributed by atoms with Gasteiger partial charge in [0.2, 0.25) is 0 Å². The summed E-state index contributed by atoms with van der Waals surface area (Å²) in [5.41, 5.74) is 1.43. The third kappa shape index (κ3) is 6.99. The Balaban J connectivity index is 0.000000224. The number of benzene rings is 2. The highest BCUT2D eigenvalue weighted by Crippen LogP contribution is 2.05. The molecule has 0 saturated heterocycles. The Morgan fingerprint density at radius 3 is 2.14 bits per heavy atom. The van der Waals surface area contributed by atoms with Gasteiger partial charge < -0.3 is 0 Å². The molecule has 0 aliphatic heterocycles. The van der Waals surface area contributed by atoms with Gasteiger partial charge in [-0.2, -0.15) is 8.42 Å². The van der Waals surface area contributed by atoms with Gasteiger partial charge in [-0.15, -0.1) is 9.24 Å². The van der Waals surface area contributed by atoms with Crippen molar-refractivity contribution in [1.29, 1.82) is 0 Å².